The highest BCUT2D eigenvalue weighted by Crippen LogP contribution is 2.32. The van der Waals surface area contributed by atoms with Crippen LogP contribution < -0.4 is 5.73 Å². The third-order valence-corrected chi connectivity index (χ3v) is 3.15. The van der Waals surface area contributed by atoms with Crippen molar-refractivity contribution in [1.82, 2.24) is 4.90 Å². The van der Waals surface area contributed by atoms with Crippen molar-refractivity contribution in [2.24, 2.45) is 11.7 Å². The van der Waals surface area contributed by atoms with Crippen molar-refractivity contribution in [2.75, 3.05) is 19.6 Å². The van der Waals surface area contributed by atoms with Gasteiger partial charge in [-0.1, -0.05) is 6.42 Å². The van der Waals surface area contributed by atoms with E-state index in [0.717, 1.165) is 12.5 Å². The molecule has 12 heavy (non-hydrogen) atoms. The van der Waals surface area contributed by atoms with Crippen molar-refractivity contribution in [3.63, 3.8) is 0 Å². The second-order valence-electron chi connectivity index (χ2n) is 4.36. The normalized spacial score (nSPS) is 28.8. The van der Waals surface area contributed by atoms with Crippen molar-refractivity contribution in [3.8, 4) is 0 Å². The quantitative estimate of drug-likeness (QED) is 0.686. The van der Waals surface area contributed by atoms with Crippen LogP contribution >= 0.6 is 0 Å². The van der Waals surface area contributed by atoms with Gasteiger partial charge in [-0.25, -0.2) is 0 Å². The standard InChI is InChI=1S/C10H20N2/c11-10(9-4-5-9)8-12-6-2-1-3-7-12/h9-10H,1-8,11H2. The van der Waals surface area contributed by atoms with E-state index < -0.39 is 0 Å². The van der Waals surface area contributed by atoms with Crippen LogP contribution in [0.4, 0.5) is 0 Å². The first-order valence-electron chi connectivity index (χ1n) is 5.34. The first kappa shape index (κ1) is 8.52. The number of rotatable bonds is 3. The molecule has 1 aliphatic carbocycles. The van der Waals surface area contributed by atoms with Crippen molar-refractivity contribution in [1.29, 1.82) is 0 Å². The Morgan fingerprint density at radius 1 is 1.17 bits per heavy atom. The average molecular weight is 168 g/mol. The minimum Gasteiger partial charge on any atom is -0.326 e. The van der Waals surface area contributed by atoms with E-state index in [2.05, 4.69) is 4.90 Å². The molecule has 1 saturated carbocycles. The molecule has 0 radical (unpaired) electrons. The van der Waals surface area contributed by atoms with Gasteiger partial charge in [0.2, 0.25) is 0 Å². The fourth-order valence-electron chi connectivity index (χ4n) is 2.11. The molecule has 0 aromatic carbocycles. The van der Waals surface area contributed by atoms with Gasteiger partial charge in [0, 0.05) is 12.6 Å². The number of likely N-dealkylation sites (tertiary alicyclic amines) is 1. The van der Waals surface area contributed by atoms with Gasteiger partial charge >= 0.3 is 0 Å². The van der Waals surface area contributed by atoms with Gasteiger partial charge in [0.1, 0.15) is 0 Å². The summed E-state index contributed by atoms with van der Waals surface area (Å²) in [5.41, 5.74) is 6.07. The first-order valence-corrected chi connectivity index (χ1v) is 5.34. The highest BCUT2D eigenvalue weighted by molar-refractivity contribution is 4.86. The molecule has 2 aliphatic rings. The van der Waals surface area contributed by atoms with Crippen LogP contribution in [0, 0.1) is 5.92 Å². The van der Waals surface area contributed by atoms with Crippen LogP contribution in [0.1, 0.15) is 32.1 Å². The van der Waals surface area contributed by atoms with Crippen molar-refractivity contribution in [3.05, 3.63) is 0 Å². The number of hydrogen-bond donors (Lipinski definition) is 1. The predicted molar refractivity (Wildman–Crippen MR) is 51.0 cm³/mol. The Morgan fingerprint density at radius 3 is 2.42 bits per heavy atom. The smallest absolute Gasteiger partial charge is 0.0196 e. The summed E-state index contributed by atoms with van der Waals surface area (Å²) >= 11 is 0. The highest BCUT2D eigenvalue weighted by atomic mass is 15.1. The minimum atomic E-state index is 0.475. The predicted octanol–water partition coefficient (Wildman–Crippen LogP) is 1.21. The highest BCUT2D eigenvalue weighted by Gasteiger charge is 2.29. The Morgan fingerprint density at radius 2 is 1.83 bits per heavy atom. The molecule has 1 unspecified atom stereocenters. The van der Waals surface area contributed by atoms with Gasteiger partial charge in [0.15, 0.2) is 0 Å². The molecule has 0 spiro atoms. The van der Waals surface area contributed by atoms with Crippen molar-refractivity contribution in [2.45, 2.75) is 38.1 Å². The summed E-state index contributed by atoms with van der Waals surface area (Å²) < 4.78 is 0. The third kappa shape index (κ3) is 2.20. The summed E-state index contributed by atoms with van der Waals surface area (Å²) in [6.07, 6.45) is 6.97. The molecule has 0 bridgehead atoms. The lowest BCUT2D eigenvalue weighted by Gasteiger charge is -2.28. The van der Waals surface area contributed by atoms with E-state index in [1.165, 1.54) is 45.2 Å². The lowest BCUT2D eigenvalue weighted by atomic mass is 10.1. The molecule has 0 aromatic heterocycles. The fraction of sp³-hybridized carbons (Fsp3) is 1.00. The lowest BCUT2D eigenvalue weighted by molar-refractivity contribution is 0.210. The zero-order valence-corrected chi connectivity index (χ0v) is 7.84. The van der Waals surface area contributed by atoms with Crippen molar-refractivity contribution >= 4 is 0 Å². The third-order valence-electron chi connectivity index (χ3n) is 3.15. The summed E-state index contributed by atoms with van der Waals surface area (Å²) in [5, 5.41) is 0. The van der Waals surface area contributed by atoms with Gasteiger partial charge in [-0.2, -0.15) is 0 Å². The topological polar surface area (TPSA) is 29.3 Å². The Hall–Kier alpha value is -0.0800. The molecule has 1 saturated heterocycles. The number of piperidine rings is 1. The zero-order valence-electron chi connectivity index (χ0n) is 7.84. The van der Waals surface area contributed by atoms with E-state index in [1.807, 2.05) is 0 Å². The second kappa shape index (κ2) is 3.75. The maximum absolute atomic E-state index is 6.07. The molecule has 2 N–H and O–H groups in total. The lowest BCUT2D eigenvalue weighted by Crippen LogP contribution is -2.41. The fourth-order valence-corrected chi connectivity index (χ4v) is 2.11. The number of hydrogen-bond acceptors (Lipinski definition) is 2. The van der Waals surface area contributed by atoms with Crippen molar-refractivity contribution < 1.29 is 0 Å². The zero-order chi connectivity index (χ0) is 8.39. The number of nitrogens with zero attached hydrogens (tertiary/aromatic N) is 1. The van der Waals surface area contributed by atoms with Gasteiger partial charge < -0.3 is 10.6 Å². The largest absolute Gasteiger partial charge is 0.326 e. The molecular formula is C10H20N2. The summed E-state index contributed by atoms with van der Waals surface area (Å²) in [4.78, 5) is 2.55. The summed E-state index contributed by atoms with van der Waals surface area (Å²) in [6, 6.07) is 0.475. The van der Waals surface area contributed by atoms with Crippen LogP contribution in [0.3, 0.4) is 0 Å². The summed E-state index contributed by atoms with van der Waals surface area (Å²) in [5.74, 6) is 0.868. The van der Waals surface area contributed by atoms with E-state index in [-0.39, 0.29) is 0 Å². The van der Waals surface area contributed by atoms with E-state index in [9.17, 15) is 0 Å². The average Bonchev–Trinajstić information content (AvgIpc) is 2.88. The van der Waals surface area contributed by atoms with Crippen LogP contribution in [0.25, 0.3) is 0 Å². The van der Waals surface area contributed by atoms with Gasteiger partial charge in [-0.3, -0.25) is 0 Å². The Kier molecular flexibility index (Phi) is 2.66. The number of nitrogens with two attached hydrogens (primary N) is 1. The monoisotopic (exact) mass is 168 g/mol. The molecule has 1 aliphatic heterocycles. The summed E-state index contributed by atoms with van der Waals surface area (Å²) in [6.45, 7) is 3.74. The maximum atomic E-state index is 6.07. The molecule has 1 atom stereocenters. The summed E-state index contributed by atoms with van der Waals surface area (Å²) in [7, 11) is 0. The molecular weight excluding hydrogens is 148 g/mol. The molecule has 2 nitrogen and oxygen atoms in total. The Labute approximate surface area is 75.1 Å². The Bertz CT molecular complexity index is 137. The molecule has 1 heterocycles. The van der Waals surface area contributed by atoms with Crippen LogP contribution in [-0.2, 0) is 0 Å². The van der Waals surface area contributed by atoms with Crippen LogP contribution in [0.2, 0.25) is 0 Å². The molecule has 2 fully saturated rings. The van der Waals surface area contributed by atoms with Crippen LogP contribution in [-0.4, -0.2) is 30.6 Å². The molecule has 2 heteroatoms. The second-order valence-corrected chi connectivity index (χ2v) is 4.36. The molecule has 0 aromatic rings. The Balaban J connectivity index is 1.69. The van der Waals surface area contributed by atoms with Gasteiger partial charge in [-0.05, 0) is 44.7 Å². The minimum absolute atomic E-state index is 0.475. The van der Waals surface area contributed by atoms with Gasteiger partial charge in [-0.15, -0.1) is 0 Å². The first-order chi connectivity index (χ1) is 5.86. The molecule has 0 amide bonds. The van der Waals surface area contributed by atoms with E-state index in [1.54, 1.807) is 0 Å². The molecule has 2 rings (SSSR count). The van der Waals surface area contributed by atoms with Gasteiger partial charge in [0.05, 0.1) is 0 Å². The molecule has 70 valence electrons. The van der Waals surface area contributed by atoms with E-state index in [4.69, 9.17) is 5.73 Å². The van der Waals surface area contributed by atoms with Gasteiger partial charge in [0.25, 0.3) is 0 Å². The van der Waals surface area contributed by atoms with Crippen LogP contribution in [0.15, 0.2) is 0 Å². The maximum Gasteiger partial charge on any atom is 0.0196 e. The van der Waals surface area contributed by atoms with E-state index >= 15 is 0 Å². The van der Waals surface area contributed by atoms with Crippen LogP contribution in [0.5, 0.6) is 0 Å². The van der Waals surface area contributed by atoms with E-state index in [0.29, 0.717) is 6.04 Å². The SMILES string of the molecule is NC(CN1CCCCC1)C1CC1.